The first kappa shape index (κ1) is 19.1. The van der Waals surface area contributed by atoms with Gasteiger partial charge in [-0.3, -0.25) is 14.3 Å². The van der Waals surface area contributed by atoms with Crippen LogP contribution in [0, 0.1) is 0 Å². The van der Waals surface area contributed by atoms with E-state index >= 15 is 0 Å². The highest BCUT2D eigenvalue weighted by Gasteiger charge is 2.19. The molecule has 0 aliphatic carbocycles. The van der Waals surface area contributed by atoms with Crippen LogP contribution in [-0.4, -0.2) is 43.5 Å². The Morgan fingerprint density at radius 2 is 2.00 bits per heavy atom. The van der Waals surface area contributed by atoms with Crippen LogP contribution in [0.4, 0.5) is 5.13 Å². The number of rotatable bonds is 7. The normalized spacial score (nSPS) is 10.7. The van der Waals surface area contributed by atoms with Crippen molar-refractivity contribution in [2.45, 2.75) is 5.16 Å². The minimum Gasteiger partial charge on any atom is -0.495 e. The van der Waals surface area contributed by atoms with Crippen molar-refractivity contribution in [1.29, 1.82) is 0 Å². The van der Waals surface area contributed by atoms with Gasteiger partial charge in [-0.05, 0) is 24.3 Å². The third kappa shape index (κ3) is 4.28. The fourth-order valence-electron chi connectivity index (χ4n) is 2.65. The van der Waals surface area contributed by atoms with Gasteiger partial charge in [-0.1, -0.05) is 23.9 Å². The number of aromatic nitrogens is 5. The molecule has 1 N–H and O–H groups in total. The molecule has 4 rings (SSSR count). The Hall–Kier alpha value is -3.24. The topological polar surface area (TPSA) is 94.8 Å². The van der Waals surface area contributed by atoms with Gasteiger partial charge in [0.25, 0.3) is 0 Å². The van der Waals surface area contributed by atoms with E-state index in [2.05, 4.69) is 25.5 Å². The maximum absolute atomic E-state index is 12.3. The van der Waals surface area contributed by atoms with Gasteiger partial charge in [0.05, 0.1) is 18.6 Å². The number of hydrogen-bond donors (Lipinski definition) is 1. The van der Waals surface area contributed by atoms with Gasteiger partial charge >= 0.3 is 0 Å². The molecular formula is C19H16N6O2S2. The Balaban J connectivity index is 1.67. The van der Waals surface area contributed by atoms with Crippen molar-refractivity contribution in [3.8, 4) is 22.8 Å². The summed E-state index contributed by atoms with van der Waals surface area (Å²) in [5.41, 5.74) is 1.65. The molecule has 0 aliphatic rings. The average molecular weight is 425 g/mol. The SMILES string of the molecule is COc1ccccc1-n1c(SCC(=O)Nc2nccs2)nnc1-c1ccncc1. The zero-order chi connectivity index (χ0) is 20.1. The fraction of sp³-hybridized carbons (Fsp3) is 0.105. The number of hydrogen-bond acceptors (Lipinski definition) is 8. The molecule has 1 amide bonds. The molecule has 29 heavy (non-hydrogen) atoms. The van der Waals surface area contributed by atoms with Crippen LogP contribution < -0.4 is 10.1 Å². The molecule has 3 heterocycles. The van der Waals surface area contributed by atoms with E-state index in [1.54, 1.807) is 25.7 Å². The lowest BCUT2D eigenvalue weighted by Crippen LogP contribution is -2.14. The van der Waals surface area contributed by atoms with Gasteiger partial charge < -0.3 is 10.1 Å². The number of nitrogens with zero attached hydrogens (tertiary/aromatic N) is 5. The first-order chi connectivity index (χ1) is 14.3. The van der Waals surface area contributed by atoms with E-state index in [-0.39, 0.29) is 11.7 Å². The molecule has 4 aromatic rings. The third-order valence-electron chi connectivity index (χ3n) is 3.91. The van der Waals surface area contributed by atoms with E-state index in [4.69, 9.17) is 4.74 Å². The van der Waals surface area contributed by atoms with Crippen LogP contribution in [0.15, 0.2) is 65.5 Å². The molecule has 1 aromatic carbocycles. The molecule has 0 radical (unpaired) electrons. The number of para-hydroxylation sites is 2. The fourth-order valence-corrected chi connectivity index (χ4v) is 3.94. The predicted molar refractivity (Wildman–Crippen MR) is 113 cm³/mol. The van der Waals surface area contributed by atoms with Crippen LogP contribution in [0.3, 0.4) is 0 Å². The predicted octanol–water partition coefficient (Wildman–Crippen LogP) is 3.53. The number of methoxy groups -OCH3 is 1. The molecule has 0 atom stereocenters. The molecule has 146 valence electrons. The molecule has 0 unspecified atom stereocenters. The van der Waals surface area contributed by atoms with Crippen LogP contribution >= 0.6 is 23.1 Å². The van der Waals surface area contributed by atoms with Gasteiger partial charge in [-0.2, -0.15) is 0 Å². The Morgan fingerprint density at radius 1 is 1.17 bits per heavy atom. The second kappa shape index (κ2) is 8.84. The molecule has 8 nitrogen and oxygen atoms in total. The zero-order valence-corrected chi connectivity index (χ0v) is 17.0. The maximum atomic E-state index is 12.3. The summed E-state index contributed by atoms with van der Waals surface area (Å²) in [6.07, 6.45) is 5.04. The number of anilines is 1. The van der Waals surface area contributed by atoms with Crippen molar-refractivity contribution in [2.24, 2.45) is 0 Å². The average Bonchev–Trinajstić information content (AvgIpc) is 3.42. The summed E-state index contributed by atoms with van der Waals surface area (Å²) in [4.78, 5) is 20.4. The van der Waals surface area contributed by atoms with Gasteiger partial charge in [0.1, 0.15) is 5.75 Å². The van der Waals surface area contributed by atoms with E-state index in [1.165, 1.54) is 23.1 Å². The highest BCUT2D eigenvalue weighted by molar-refractivity contribution is 7.99. The molecular weight excluding hydrogens is 408 g/mol. The van der Waals surface area contributed by atoms with Crippen molar-refractivity contribution in [2.75, 3.05) is 18.2 Å². The van der Waals surface area contributed by atoms with Crippen LogP contribution in [0.2, 0.25) is 0 Å². The van der Waals surface area contributed by atoms with Crippen molar-refractivity contribution in [3.05, 3.63) is 60.4 Å². The lowest BCUT2D eigenvalue weighted by molar-refractivity contribution is -0.113. The second-order valence-electron chi connectivity index (χ2n) is 5.72. The molecule has 0 saturated carbocycles. The summed E-state index contributed by atoms with van der Waals surface area (Å²) in [5, 5.41) is 14.4. The van der Waals surface area contributed by atoms with Crippen molar-refractivity contribution in [1.82, 2.24) is 24.7 Å². The molecule has 0 fully saturated rings. The lowest BCUT2D eigenvalue weighted by atomic mass is 10.2. The third-order valence-corrected chi connectivity index (χ3v) is 5.53. The summed E-state index contributed by atoms with van der Waals surface area (Å²) in [5.74, 6) is 1.32. The van der Waals surface area contributed by atoms with Crippen LogP contribution in [0.5, 0.6) is 5.75 Å². The Bertz CT molecular complexity index is 1100. The molecule has 0 bridgehead atoms. The number of benzene rings is 1. The number of thiazole rings is 1. The number of pyridine rings is 1. The minimum absolute atomic E-state index is 0.162. The number of carbonyl (C=O) groups excluding carboxylic acids is 1. The van der Waals surface area contributed by atoms with Gasteiger partial charge in [0.2, 0.25) is 5.91 Å². The molecule has 3 aromatic heterocycles. The first-order valence-corrected chi connectivity index (χ1v) is 10.4. The van der Waals surface area contributed by atoms with Gasteiger partial charge in [0.15, 0.2) is 16.1 Å². The quantitative estimate of drug-likeness (QED) is 0.454. The zero-order valence-electron chi connectivity index (χ0n) is 15.3. The summed E-state index contributed by atoms with van der Waals surface area (Å²) in [6.45, 7) is 0. The summed E-state index contributed by atoms with van der Waals surface area (Å²) < 4.78 is 7.41. The molecule has 0 saturated heterocycles. The number of carbonyl (C=O) groups is 1. The Labute approximate surface area is 175 Å². The molecule has 10 heteroatoms. The molecule has 0 spiro atoms. The van der Waals surface area contributed by atoms with E-state index < -0.39 is 0 Å². The first-order valence-electron chi connectivity index (χ1n) is 8.57. The highest BCUT2D eigenvalue weighted by Crippen LogP contribution is 2.32. The number of amides is 1. The standard InChI is InChI=1S/C19H16N6O2S2/c1-27-15-5-3-2-4-14(15)25-17(13-6-8-20-9-7-13)23-24-19(25)29-12-16(26)22-18-21-10-11-28-18/h2-11H,12H2,1H3,(H,21,22,26). The Morgan fingerprint density at radius 3 is 2.76 bits per heavy atom. The van der Waals surface area contributed by atoms with Crippen LogP contribution in [0.25, 0.3) is 17.1 Å². The number of ether oxygens (including phenoxy) is 1. The van der Waals surface area contributed by atoms with E-state index in [9.17, 15) is 4.79 Å². The van der Waals surface area contributed by atoms with Gasteiger partial charge in [-0.15, -0.1) is 21.5 Å². The van der Waals surface area contributed by atoms with Crippen LogP contribution in [-0.2, 0) is 4.79 Å². The monoisotopic (exact) mass is 424 g/mol. The van der Waals surface area contributed by atoms with Crippen LogP contribution in [0.1, 0.15) is 0 Å². The van der Waals surface area contributed by atoms with Crippen molar-refractivity contribution < 1.29 is 9.53 Å². The van der Waals surface area contributed by atoms with Gasteiger partial charge in [-0.25, -0.2) is 4.98 Å². The number of nitrogens with one attached hydrogen (secondary N) is 1. The molecule has 0 aliphatic heterocycles. The van der Waals surface area contributed by atoms with E-state index in [0.717, 1.165) is 11.3 Å². The van der Waals surface area contributed by atoms with Crippen molar-refractivity contribution >= 4 is 34.1 Å². The smallest absolute Gasteiger partial charge is 0.236 e. The number of thioether (sulfide) groups is 1. The maximum Gasteiger partial charge on any atom is 0.236 e. The summed E-state index contributed by atoms with van der Waals surface area (Å²) in [7, 11) is 1.61. The van der Waals surface area contributed by atoms with E-state index in [1.807, 2.05) is 46.3 Å². The van der Waals surface area contributed by atoms with Crippen molar-refractivity contribution in [3.63, 3.8) is 0 Å². The second-order valence-corrected chi connectivity index (χ2v) is 7.56. The summed E-state index contributed by atoms with van der Waals surface area (Å²) in [6, 6.07) is 11.3. The van der Waals surface area contributed by atoms with E-state index in [0.29, 0.717) is 21.9 Å². The lowest BCUT2D eigenvalue weighted by Gasteiger charge is -2.13. The Kier molecular flexibility index (Phi) is 5.82. The van der Waals surface area contributed by atoms with Gasteiger partial charge in [0, 0.05) is 29.5 Å². The minimum atomic E-state index is -0.162. The summed E-state index contributed by atoms with van der Waals surface area (Å²) >= 11 is 2.66. The highest BCUT2D eigenvalue weighted by atomic mass is 32.2. The largest absolute Gasteiger partial charge is 0.495 e.